The lowest BCUT2D eigenvalue weighted by molar-refractivity contribution is 0.0997. The van der Waals surface area contributed by atoms with Crippen LogP contribution in [0.1, 0.15) is 10.6 Å². The number of carbonyl (C=O) groups is 1. The first kappa shape index (κ1) is 15.5. The van der Waals surface area contributed by atoms with Crippen molar-refractivity contribution in [1.29, 1.82) is 0 Å². The minimum Gasteiger partial charge on any atom is -0.506 e. The molecule has 3 aromatic rings. The third kappa shape index (κ3) is 3.33. The van der Waals surface area contributed by atoms with Crippen molar-refractivity contribution >= 4 is 34.8 Å². The first-order valence-electron chi connectivity index (χ1n) is 6.69. The van der Waals surface area contributed by atoms with Gasteiger partial charge in [-0.3, -0.25) is 4.79 Å². The number of phenolic OH excluding ortho intramolecular Hbond substituents is 1. The lowest BCUT2D eigenvalue weighted by Gasteiger charge is -2.05. The number of para-hydroxylation sites is 2. The maximum Gasteiger partial charge on any atom is 0.291 e. The van der Waals surface area contributed by atoms with Gasteiger partial charge >= 0.3 is 0 Å². The van der Waals surface area contributed by atoms with Crippen LogP contribution in [0.15, 0.2) is 59.0 Å². The van der Waals surface area contributed by atoms with Gasteiger partial charge in [0.2, 0.25) is 0 Å². The number of phenols is 1. The first-order chi connectivity index (χ1) is 11.0. The third-order valence-electron chi connectivity index (χ3n) is 3.19. The van der Waals surface area contributed by atoms with E-state index in [2.05, 4.69) is 5.32 Å². The van der Waals surface area contributed by atoms with E-state index in [9.17, 15) is 9.90 Å². The van der Waals surface area contributed by atoms with Crippen LogP contribution in [0.4, 0.5) is 5.69 Å². The summed E-state index contributed by atoms with van der Waals surface area (Å²) < 4.78 is 5.54. The molecule has 6 heteroatoms. The number of rotatable bonds is 3. The Morgan fingerprint density at radius 3 is 2.52 bits per heavy atom. The van der Waals surface area contributed by atoms with Crippen molar-refractivity contribution in [2.75, 3.05) is 5.32 Å². The van der Waals surface area contributed by atoms with E-state index in [1.54, 1.807) is 48.5 Å². The Balaban J connectivity index is 1.82. The maximum absolute atomic E-state index is 12.2. The second kappa shape index (κ2) is 6.36. The fourth-order valence-electron chi connectivity index (χ4n) is 2.03. The molecule has 0 saturated heterocycles. The highest BCUT2D eigenvalue weighted by Gasteiger charge is 2.14. The Hall–Kier alpha value is -2.43. The number of hydrogen-bond donors (Lipinski definition) is 2. The molecule has 0 aliphatic heterocycles. The van der Waals surface area contributed by atoms with Gasteiger partial charge in [-0.2, -0.15) is 0 Å². The predicted molar refractivity (Wildman–Crippen MR) is 90.2 cm³/mol. The number of anilines is 1. The van der Waals surface area contributed by atoms with Crippen LogP contribution in [-0.4, -0.2) is 11.0 Å². The molecule has 0 bridgehead atoms. The summed E-state index contributed by atoms with van der Waals surface area (Å²) in [5.74, 6) is 0.134. The Labute approximate surface area is 142 Å². The van der Waals surface area contributed by atoms with Crippen molar-refractivity contribution < 1.29 is 14.3 Å². The minimum atomic E-state index is -0.460. The molecule has 3 rings (SSSR count). The van der Waals surface area contributed by atoms with E-state index >= 15 is 0 Å². The number of hydrogen-bond acceptors (Lipinski definition) is 3. The molecule has 2 N–H and O–H groups in total. The number of aromatic hydroxyl groups is 1. The lowest BCUT2D eigenvalue weighted by Crippen LogP contribution is -2.10. The first-order valence-corrected chi connectivity index (χ1v) is 7.45. The topological polar surface area (TPSA) is 62.5 Å². The van der Waals surface area contributed by atoms with E-state index in [1.807, 2.05) is 0 Å². The Kier molecular flexibility index (Phi) is 4.28. The molecule has 23 heavy (non-hydrogen) atoms. The zero-order valence-corrected chi connectivity index (χ0v) is 13.2. The molecular weight excluding hydrogens is 337 g/mol. The highest BCUT2D eigenvalue weighted by atomic mass is 35.5. The molecular formula is C17H11Cl2NO3. The fourth-order valence-corrected chi connectivity index (χ4v) is 2.33. The van der Waals surface area contributed by atoms with Crippen molar-refractivity contribution in [2.45, 2.75) is 0 Å². The quantitative estimate of drug-likeness (QED) is 0.639. The fraction of sp³-hybridized carbons (Fsp3) is 0. The van der Waals surface area contributed by atoms with E-state index in [1.165, 1.54) is 6.07 Å². The summed E-state index contributed by atoms with van der Waals surface area (Å²) in [6.45, 7) is 0. The van der Waals surface area contributed by atoms with E-state index in [4.69, 9.17) is 27.6 Å². The normalized spacial score (nSPS) is 10.5. The van der Waals surface area contributed by atoms with E-state index in [-0.39, 0.29) is 11.5 Å². The van der Waals surface area contributed by atoms with Gasteiger partial charge in [-0.25, -0.2) is 0 Å². The van der Waals surface area contributed by atoms with Crippen LogP contribution in [0.5, 0.6) is 5.75 Å². The molecule has 0 aliphatic rings. The molecule has 2 aromatic carbocycles. The van der Waals surface area contributed by atoms with Crippen LogP contribution in [0.3, 0.4) is 0 Å². The number of furan rings is 1. The smallest absolute Gasteiger partial charge is 0.291 e. The highest BCUT2D eigenvalue weighted by Crippen LogP contribution is 2.30. The lowest BCUT2D eigenvalue weighted by atomic mass is 10.2. The number of halogens is 2. The van der Waals surface area contributed by atoms with Crippen LogP contribution in [-0.2, 0) is 0 Å². The molecule has 0 radical (unpaired) electrons. The Morgan fingerprint density at radius 1 is 1.00 bits per heavy atom. The number of nitrogens with one attached hydrogen (secondary N) is 1. The standard InChI is InChI=1S/C17H11Cl2NO3/c18-11-6-5-10(9-12(11)19)15-7-8-16(23-15)17(22)20-13-3-1-2-4-14(13)21/h1-9,21H,(H,20,22). The molecule has 116 valence electrons. The average molecular weight is 348 g/mol. The summed E-state index contributed by atoms with van der Waals surface area (Å²) in [6.07, 6.45) is 0. The zero-order valence-electron chi connectivity index (χ0n) is 11.7. The monoisotopic (exact) mass is 347 g/mol. The summed E-state index contributed by atoms with van der Waals surface area (Å²) >= 11 is 11.9. The summed E-state index contributed by atoms with van der Waals surface area (Å²) in [4.78, 5) is 12.2. The van der Waals surface area contributed by atoms with Crippen LogP contribution in [0.25, 0.3) is 11.3 Å². The van der Waals surface area contributed by atoms with Crippen molar-refractivity contribution in [3.8, 4) is 17.1 Å². The summed E-state index contributed by atoms with van der Waals surface area (Å²) in [6, 6.07) is 14.7. The van der Waals surface area contributed by atoms with Gasteiger partial charge in [0.15, 0.2) is 5.76 Å². The predicted octanol–water partition coefficient (Wildman–Crippen LogP) is 5.21. The van der Waals surface area contributed by atoms with Crippen LogP contribution >= 0.6 is 23.2 Å². The summed E-state index contributed by atoms with van der Waals surface area (Å²) in [7, 11) is 0. The molecule has 0 spiro atoms. The number of benzene rings is 2. The van der Waals surface area contributed by atoms with E-state index in [0.717, 1.165) is 0 Å². The maximum atomic E-state index is 12.2. The molecule has 0 fully saturated rings. The largest absolute Gasteiger partial charge is 0.506 e. The third-order valence-corrected chi connectivity index (χ3v) is 3.93. The molecule has 0 unspecified atom stereocenters. The van der Waals surface area contributed by atoms with Gasteiger partial charge in [-0.15, -0.1) is 0 Å². The molecule has 0 saturated carbocycles. The zero-order chi connectivity index (χ0) is 16.4. The second-order valence-electron chi connectivity index (χ2n) is 4.76. The van der Waals surface area contributed by atoms with Crippen molar-refractivity contribution in [2.24, 2.45) is 0 Å². The van der Waals surface area contributed by atoms with Gasteiger partial charge in [0, 0.05) is 5.56 Å². The van der Waals surface area contributed by atoms with Crippen molar-refractivity contribution in [3.63, 3.8) is 0 Å². The molecule has 0 aliphatic carbocycles. The molecule has 1 heterocycles. The van der Waals surface area contributed by atoms with Gasteiger partial charge in [-0.05, 0) is 42.5 Å². The van der Waals surface area contributed by atoms with E-state index < -0.39 is 5.91 Å². The number of carbonyl (C=O) groups excluding carboxylic acids is 1. The molecule has 4 nitrogen and oxygen atoms in total. The van der Waals surface area contributed by atoms with Gasteiger partial charge in [0.1, 0.15) is 11.5 Å². The molecule has 1 amide bonds. The minimum absolute atomic E-state index is 0.0166. The van der Waals surface area contributed by atoms with Gasteiger partial charge in [0.05, 0.1) is 15.7 Å². The van der Waals surface area contributed by atoms with Crippen LogP contribution in [0.2, 0.25) is 10.0 Å². The van der Waals surface area contributed by atoms with Gasteiger partial charge in [-0.1, -0.05) is 35.3 Å². The molecule has 1 aromatic heterocycles. The van der Waals surface area contributed by atoms with Gasteiger partial charge in [0.25, 0.3) is 5.91 Å². The van der Waals surface area contributed by atoms with Crippen molar-refractivity contribution in [3.05, 3.63) is 70.4 Å². The van der Waals surface area contributed by atoms with Crippen LogP contribution in [0, 0.1) is 0 Å². The SMILES string of the molecule is O=C(Nc1ccccc1O)c1ccc(-c2ccc(Cl)c(Cl)c2)o1. The molecule has 0 atom stereocenters. The van der Waals surface area contributed by atoms with Crippen LogP contribution < -0.4 is 5.32 Å². The van der Waals surface area contributed by atoms with Gasteiger partial charge < -0.3 is 14.8 Å². The van der Waals surface area contributed by atoms with E-state index in [0.29, 0.717) is 27.1 Å². The Bertz CT molecular complexity index is 874. The summed E-state index contributed by atoms with van der Waals surface area (Å²) in [5, 5.41) is 13.1. The second-order valence-corrected chi connectivity index (χ2v) is 5.58. The summed E-state index contributed by atoms with van der Waals surface area (Å²) in [5.41, 5.74) is 1.02. The average Bonchev–Trinajstić information content (AvgIpc) is 3.02. The number of amides is 1. The highest BCUT2D eigenvalue weighted by molar-refractivity contribution is 6.42. The van der Waals surface area contributed by atoms with Crippen molar-refractivity contribution in [1.82, 2.24) is 0 Å². The Morgan fingerprint density at radius 2 is 1.78 bits per heavy atom.